The highest BCUT2D eigenvalue weighted by molar-refractivity contribution is 5.95. The molecular weight excluding hydrogens is 248 g/mol. The van der Waals surface area contributed by atoms with Crippen molar-refractivity contribution in [2.24, 2.45) is 5.92 Å². The van der Waals surface area contributed by atoms with E-state index in [1.807, 2.05) is 0 Å². The Balaban J connectivity index is 2.35. The summed E-state index contributed by atoms with van der Waals surface area (Å²) >= 11 is 0. The molecule has 1 unspecified atom stereocenters. The second kappa shape index (κ2) is 5.17. The van der Waals surface area contributed by atoms with Crippen LogP contribution in [0, 0.1) is 5.92 Å². The molecule has 102 valence electrons. The van der Waals surface area contributed by atoms with Crippen molar-refractivity contribution in [2.75, 3.05) is 32.1 Å². The first-order valence-electron chi connectivity index (χ1n) is 5.93. The van der Waals surface area contributed by atoms with Gasteiger partial charge in [0.25, 0.3) is 0 Å². The monoisotopic (exact) mass is 264 g/mol. The second-order valence-corrected chi connectivity index (χ2v) is 4.48. The van der Waals surface area contributed by atoms with Gasteiger partial charge in [-0.3, -0.25) is 9.69 Å². The van der Waals surface area contributed by atoms with E-state index in [1.54, 1.807) is 31.3 Å². The zero-order valence-electron chi connectivity index (χ0n) is 10.9. The molecule has 1 fully saturated rings. The van der Waals surface area contributed by atoms with E-state index < -0.39 is 11.9 Å². The standard InChI is InChI=1S/C13H16N2O4/c1-14-7-9(12(16)17)8-15(13(14)18)10-5-3-4-6-11(10)19-2/h3-6,9H,7-8H2,1-2H3,(H,16,17). The van der Waals surface area contributed by atoms with Gasteiger partial charge < -0.3 is 14.7 Å². The van der Waals surface area contributed by atoms with Gasteiger partial charge in [-0.15, -0.1) is 0 Å². The highest BCUT2D eigenvalue weighted by atomic mass is 16.5. The van der Waals surface area contributed by atoms with E-state index in [9.17, 15) is 9.59 Å². The number of carbonyl (C=O) groups is 2. The molecule has 0 aromatic heterocycles. The Bertz CT molecular complexity index is 503. The third-order valence-electron chi connectivity index (χ3n) is 3.18. The van der Waals surface area contributed by atoms with Crippen LogP contribution in [0.3, 0.4) is 0 Å². The Hall–Kier alpha value is -2.24. The number of carboxylic acids is 1. The number of carboxylic acid groups (broad SMARTS) is 1. The number of hydrogen-bond acceptors (Lipinski definition) is 3. The molecule has 1 heterocycles. The van der Waals surface area contributed by atoms with Crippen LogP contribution in [0.5, 0.6) is 5.75 Å². The summed E-state index contributed by atoms with van der Waals surface area (Å²) in [6.07, 6.45) is 0. The lowest BCUT2D eigenvalue weighted by Gasteiger charge is -2.37. The molecule has 6 heteroatoms. The van der Waals surface area contributed by atoms with Crippen molar-refractivity contribution in [3.05, 3.63) is 24.3 Å². The second-order valence-electron chi connectivity index (χ2n) is 4.48. The number of amides is 2. The van der Waals surface area contributed by atoms with Crippen molar-refractivity contribution in [3.63, 3.8) is 0 Å². The summed E-state index contributed by atoms with van der Waals surface area (Å²) in [5.74, 6) is -0.956. The number of hydrogen-bond donors (Lipinski definition) is 1. The van der Waals surface area contributed by atoms with E-state index in [4.69, 9.17) is 9.84 Å². The van der Waals surface area contributed by atoms with Crippen molar-refractivity contribution in [3.8, 4) is 5.75 Å². The zero-order chi connectivity index (χ0) is 14.0. The van der Waals surface area contributed by atoms with Crippen LogP contribution < -0.4 is 9.64 Å². The lowest BCUT2D eigenvalue weighted by Crippen LogP contribution is -2.54. The molecule has 0 aliphatic carbocycles. The van der Waals surface area contributed by atoms with E-state index in [2.05, 4.69) is 0 Å². The highest BCUT2D eigenvalue weighted by Gasteiger charge is 2.35. The van der Waals surface area contributed by atoms with Gasteiger partial charge in [-0.25, -0.2) is 4.79 Å². The van der Waals surface area contributed by atoms with Crippen LogP contribution in [0.2, 0.25) is 0 Å². The Labute approximate surface area is 111 Å². The fraction of sp³-hybridized carbons (Fsp3) is 0.385. The molecular formula is C13H16N2O4. The SMILES string of the molecule is COc1ccccc1N1CC(C(=O)O)CN(C)C1=O. The summed E-state index contributed by atoms with van der Waals surface area (Å²) in [6.45, 7) is 0.374. The first kappa shape index (κ1) is 13.2. The maximum absolute atomic E-state index is 12.2. The molecule has 19 heavy (non-hydrogen) atoms. The number of methoxy groups -OCH3 is 1. The minimum Gasteiger partial charge on any atom is -0.495 e. The lowest BCUT2D eigenvalue weighted by molar-refractivity contribution is -0.142. The summed E-state index contributed by atoms with van der Waals surface area (Å²) in [5, 5.41) is 9.14. The first-order valence-corrected chi connectivity index (χ1v) is 5.93. The number of para-hydroxylation sites is 2. The minimum atomic E-state index is -0.903. The molecule has 0 saturated carbocycles. The van der Waals surface area contributed by atoms with Crippen LogP contribution in [0.4, 0.5) is 10.5 Å². The molecule has 0 radical (unpaired) electrons. The summed E-state index contributed by atoms with van der Waals surface area (Å²) < 4.78 is 5.22. The van der Waals surface area contributed by atoms with Crippen molar-refractivity contribution >= 4 is 17.7 Å². The van der Waals surface area contributed by atoms with E-state index in [1.165, 1.54) is 16.9 Å². The fourth-order valence-corrected chi connectivity index (χ4v) is 2.18. The molecule has 6 nitrogen and oxygen atoms in total. The number of benzene rings is 1. The van der Waals surface area contributed by atoms with Crippen molar-refractivity contribution < 1.29 is 19.4 Å². The topological polar surface area (TPSA) is 70.1 Å². The van der Waals surface area contributed by atoms with Crippen LogP contribution in [0.1, 0.15) is 0 Å². The van der Waals surface area contributed by atoms with Crippen molar-refractivity contribution in [2.45, 2.75) is 0 Å². The molecule has 0 bridgehead atoms. The minimum absolute atomic E-state index is 0.152. The normalized spacial score (nSPS) is 19.5. The number of anilines is 1. The number of ether oxygens (including phenoxy) is 1. The van der Waals surface area contributed by atoms with Gasteiger partial charge >= 0.3 is 12.0 Å². The Morgan fingerprint density at radius 3 is 2.68 bits per heavy atom. The number of aliphatic carboxylic acids is 1. The Kier molecular flexibility index (Phi) is 3.59. The molecule has 1 aliphatic heterocycles. The molecule has 1 saturated heterocycles. The van der Waals surface area contributed by atoms with Gasteiger partial charge in [-0.05, 0) is 12.1 Å². The number of carbonyl (C=O) groups excluding carboxylic acids is 1. The van der Waals surface area contributed by atoms with Crippen molar-refractivity contribution in [1.29, 1.82) is 0 Å². The molecule has 1 aromatic rings. The van der Waals surface area contributed by atoms with Gasteiger partial charge in [0, 0.05) is 20.1 Å². The number of rotatable bonds is 3. The average Bonchev–Trinajstić information content (AvgIpc) is 2.41. The quantitative estimate of drug-likeness (QED) is 0.892. The number of urea groups is 1. The molecule has 1 aliphatic rings. The fourth-order valence-electron chi connectivity index (χ4n) is 2.18. The lowest BCUT2D eigenvalue weighted by atomic mass is 10.1. The van der Waals surface area contributed by atoms with Crippen LogP contribution in [-0.4, -0.2) is 49.3 Å². The van der Waals surface area contributed by atoms with Crippen LogP contribution in [0.15, 0.2) is 24.3 Å². The first-order chi connectivity index (χ1) is 9.04. The Morgan fingerprint density at radius 1 is 1.37 bits per heavy atom. The highest BCUT2D eigenvalue weighted by Crippen LogP contribution is 2.30. The predicted molar refractivity (Wildman–Crippen MR) is 69.5 cm³/mol. The summed E-state index contributed by atoms with van der Waals surface area (Å²) in [7, 11) is 3.12. The van der Waals surface area contributed by atoms with E-state index in [-0.39, 0.29) is 19.1 Å². The molecule has 1 aromatic carbocycles. The smallest absolute Gasteiger partial charge is 0.324 e. The number of nitrogens with zero attached hydrogens (tertiary/aromatic N) is 2. The van der Waals surface area contributed by atoms with E-state index in [0.29, 0.717) is 11.4 Å². The molecule has 0 spiro atoms. The predicted octanol–water partition coefficient (Wildman–Crippen LogP) is 1.27. The van der Waals surface area contributed by atoms with Crippen LogP contribution in [-0.2, 0) is 4.79 Å². The molecule has 1 atom stereocenters. The van der Waals surface area contributed by atoms with Crippen LogP contribution in [0.25, 0.3) is 0 Å². The van der Waals surface area contributed by atoms with Gasteiger partial charge in [0.15, 0.2) is 0 Å². The summed E-state index contributed by atoms with van der Waals surface area (Å²) in [5.41, 5.74) is 0.591. The molecule has 2 amide bonds. The van der Waals surface area contributed by atoms with Gasteiger partial charge in [0.1, 0.15) is 5.75 Å². The van der Waals surface area contributed by atoms with Gasteiger partial charge in [-0.2, -0.15) is 0 Å². The Morgan fingerprint density at radius 2 is 2.05 bits per heavy atom. The summed E-state index contributed by atoms with van der Waals surface area (Å²) in [4.78, 5) is 26.2. The maximum atomic E-state index is 12.2. The average molecular weight is 264 g/mol. The van der Waals surface area contributed by atoms with Crippen molar-refractivity contribution in [1.82, 2.24) is 4.90 Å². The third-order valence-corrected chi connectivity index (χ3v) is 3.18. The maximum Gasteiger partial charge on any atom is 0.324 e. The third kappa shape index (κ3) is 2.47. The summed E-state index contributed by atoms with van der Waals surface area (Å²) in [6, 6.07) is 6.86. The molecule has 1 N–H and O–H groups in total. The van der Waals surface area contributed by atoms with Gasteiger partial charge in [0.2, 0.25) is 0 Å². The zero-order valence-corrected chi connectivity index (χ0v) is 10.9. The van der Waals surface area contributed by atoms with Crippen LogP contribution >= 0.6 is 0 Å². The molecule has 2 rings (SSSR count). The van der Waals surface area contributed by atoms with E-state index in [0.717, 1.165) is 0 Å². The van der Waals surface area contributed by atoms with Gasteiger partial charge in [-0.1, -0.05) is 12.1 Å². The largest absolute Gasteiger partial charge is 0.495 e. The van der Waals surface area contributed by atoms with E-state index >= 15 is 0 Å². The van der Waals surface area contributed by atoms with Gasteiger partial charge in [0.05, 0.1) is 18.7 Å².